The molecule has 0 amide bonds. The molecule has 0 unspecified atom stereocenters. The van der Waals surface area contributed by atoms with Crippen molar-refractivity contribution in [2.45, 2.75) is 90.2 Å². The van der Waals surface area contributed by atoms with E-state index in [0.717, 1.165) is 87.2 Å². The van der Waals surface area contributed by atoms with Gasteiger partial charge in [-0.2, -0.15) is 0 Å². The molecule has 1 atom stereocenters. The number of ether oxygens (including phenoxy) is 4. The van der Waals surface area contributed by atoms with Gasteiger partial charge in [-0.15, -0.1) is 0 Å². The fourth-order valence-corrected chi connectivity index (χ4v) is 7.91. The zero-order valence-electron chi connectivity index (χ0n) is 32.1. The van der Waals surface area contributed by atoms with Crippen LogP contribution >= 0.6 is 0 Å². The summed E-state index contributed by atoms with van der Waals surface area (Å²) in [6.07, 6.45) is 10.1. The molecule has 8 rings (SSSR count). The molecule has 53 heavy (non-hydrogen) atoms. The van der Waals surface area contributed by atoms with E-state index >= 15 is 0 Å². The molecule has 11 heteroatoms. The quantitative estimate of drug-likeness (QED) is 0.133. The fourth-order valence-electron chi connectivity index (χ4n) is 7.91. The normalized spacial score (nSPS) is 20.8. The summed E-state index contributed by atoms with van der Waals surface area (Å²) >= 11 is 0. The minimum absolute atomic E-state index is 0.114. The van der Waals surface area contributed by atoms with Gasteiger partial charge in [-0.1, -0.05) is 26.8 Å². The molecule has 1 aliphatic heterocycles. The summed E-state index contributed by atoms with van der Waals surface area (Å²) in [5.74, 6) is 4.21. The molecule has 3 aliphatic rings. The minimum Gasteiger partial charge on any atom is -0.497 e. The number of anilines is 1. The summed E-state index contributed by atoms with van der Waals surface area (Å²) in [7, 11) is 5.54. The van der Waals surface area contributed by atoms with Gasteiger partial charge in [-0.25, -0.2) is 15.0 Å². The lowest BCUT2D eigenvalue weighted by atomic mass is 9.76. The molecule has 2 N–H and O–H groups in total. The van der Waals surface area contributed by atoms with E-state index in [1.54, 1.807) is 20.5 Å². The van der Waals surface area contributed by atoms with Crippen molar-refractivity contribution in [3.63, 3.8) is 0 Å². The van der Waals surface area contributed by atoms with Crippen molar-refractivity contribution in [3.8, 4) is 11.5 Å². The summed E-state index contributed by atoms with van der Waals surface area (Å²) in [6.45, 7) is 12.0. The predicted molar refractivity (Wildman–Crippen MR) is 208 cm³/mol. The Morgan fingerprint density at radius 2 is 1.89 bits per heavy atom. The van der Waals surface area contributed by atoms with Crippen LogP contribution in [0.4, 0.5) is 5.82 Å². The zero-order chi connectivity index (χ0) is 37.1. The van der Waals surface area contributed by atoms with Gasteiger partial charge in [-0.05, 0) is 79.6 Å². The summed E-state index contributed by atoms with van der Waals surface area (Å²) in [4.78, 5) is 20.3. The molecular weight excluding hydrogens is 667 g/mol. The maximum absolute atomic E-state index is 6.51. The van der Waals surface area contributed by atoms with Crippen LogP contribution < -0.4 is 14.8 Å². The van der Waals surface area contributed by atoms with Crippen LogP contribution in [0.15, 0.2) is 72.4 Å². The Kier molecular flexibility index (Phi) is 8.97. The number of aromatic nitrogens is 5. The van der Waals surface area contributed by atoms with Crippen LogP contribution in [0.1, 0.15) is 70.8 Å². The Morgan fingerprint density at radius 3 is 2.66 bits per heavy atom. The number of methoxy groups -OCH3 is 2. The third-order valence-electron chi connectivity index (χ3n) is 11.0. The lowest BCUT2D eigenvalue weighted by molar-refractivity contribution is -0.126. The minimum atomic E-state index is -0.724. The van der Waals surface area contributed by atoms with Crippen molar-refractivity contribution >= 4 is 33.6 Å². The third-order valence-corrected chi connectivity index (χ3v) is 11.0. The molecule has 1 saturated carbocycles. The highest BCUT2D eigenvalue weighted by Crippen LogP contribution is 2.45. The lowest BCUT2D eigenvalue weighted by Gasteiger charge is -2.41. The van der Waals surface area contributed by atoms with Gasteiger partial charge in [0.15, 0.2) is 6.10 Å². The van der Waals surface area contributed by atoms with Crippen LogP contribution in [-0.4, -0.2) is 75.1 Å². The Labute approximate surface area is 311 Å². The van der Waals surface area contributed by atoms with Gasteiger partial charge in [0, 0.05) is 62.8 Å². The molecule has 0 spiro atoms. The van der Waals surface area contributed by atoms with Gasteiger partial charge >= 0.3 is 0 Å². The predicted octanol–water partition coefficient (Wildman–Crippen LogP) is 7.84. The first-order chi connectivity index (χ1) is 25.4. The number of aryl methyl sites for hydroxylation is 1. The van der Waals surface area contributed by atoms with Gasteiger partial charge in [0.2, 0.25) is 5.79 Å². The second kappa shape index (κ2) is 13.5. The van der Waals surface area contributed by atoms with E-state index in [1.807, 2.05) is 38.2 Å². The highest BCUT2D eigenvalue weighted by Gasteiger charge is 2.46. The number of rotatable bonds is 12. The summed E-state index contributed by atoms with van der Waals surface area (Å²) in [5.41, 5.74) is 7.58. The lowest BCUT2D eigenvalue weighted by Crippen LogP contribution is -2.43. The molecule has 3 aromatic heterocycles. The molecule has 11 nitrogen and oxygen atoms in total. The van der Waals surface area contributed by atoms with Gasteiger partial charge in [0.05, 0.1) is 36.3 Å². The largest absolute Gasteiger partial charge is 0.497 e. The van der Waals surface area contributed by atoms with Crippen molar-refractivity contribution in [3.05, 3.63) is 89.3 Å². The number of hydrogen-bond donors (Lipinski definition) is 2. The van der Waals surface area contributed by atoms with E-state index in [1.165, 1.54) is 18.4 Å². The molecule has 5 aromatic rings. The number of aromatic amines is 1. The standard InChI is InChI=1S/C42H51N7O4/c1-41(2,3)28-11-13-32-33(20-28)47-36(46-32)14-9-25-17-29(18-25)48(6)23-27-19-34(38-37(27)52-42(4,5)53-38)49-16-15-31-39(44-24-45-40(31)49)43-22-26-10-12-30(50-7)21-35(26)51-8/h10-13,15-16,19-21,24-25,29,38H,9,14,17-18,22-23H2,1-8H3,(H,46,47)(H,43,44,45)/t25-,29-,38-/m0/s1. The summed E-state index contributed by atoms with van der Waals surface area (Å²) in [5, 5.41) is 4.41. The number of hydrogen-bond acceptors (Lipinski definition) is 9. The Hall–Kier alpha value is -4.87. The number of H-pyrrole nitrogens is 1. The average Bonchev–Trinajstić information content (AvgIpc) is 3.87. The molecule has 278 valence electrons. The second-order valence-corrected chi connectivity index (χ2v) is 16.2. The van der Waals surface area contributed by atoms with E-state index in [0.29, 0.717) is 18.5 Å². The number of fused-ring (bicyclic) bond motifs is 3. The molecule has 2 aromatic carbocycles. The zero-order valence-corrected chi connectivity index (χ0v) is 32.1. The maximum Gasteiger partial charge on any atom is 0.205 e. The first kappa shape index (κ1) is 35.2. The SMILES string of the molecule is COc1ccc(CNc2ncnc3c2ccn3C2=CC(CN(C)[C@H]3C[C@H](CCc4nc5cc(C(C)(C)C)ccc5[nH]4)C3)=C3OC(C)(C)O[C@@H]23)c(OC)c1. The van der Waals surface area contributed by atoms with E-state index in [9.17, 15) is 0 Å². The van der Waals surface area contributed by atoms with Crippen molar-refractivity contribution in [1.82, 2.24) is 29.4 Å². The second-order valence-electron chi connectivity index (χ2n) is 16.2. The van der Waals surface area contributed by atoms with Crippen molar-refractivity contribution < 1.29 is 18.9 Å². The third kappa shape index (κ3) is 6.88. The molecule has 2 fully saturated rings. The van der Waals surface area contributed by atoms with Crippen LogP contribution in [0.3, 0.4) is 0 Å². The van der Waals surface area contributed by atoms with Crippen molar-refractivity contribution in [1.29, 1.82) is 0 Å². The Balaban J connectivity index is 0.930. The number of benzene rings is 2. The smallest absolute Gasteiger partial charge is 0.205 e. The van der Waals surface area contributed by atoms with E-state index in [2.05, 4.69) is 82.9 Å². The summed E-state index contributed by atoms with van der Waals surface area (Å²) in [6, 6.07) is 15.0. The van der Waals surface area contributed by atoms with Crippen LogP contribution in [0.2, 0.25) is 0 Å². The van der Waals surface area contributed by atoms with Gasteiger partial charge < -0.3 is 33.8 Å². The van der Waals surface area contributed by atoms with Crippen LogP contribution in [0, 0.1) is 5.92 Å². The first-order valence-corrected chi connectivity index (χ1v) is 18.7. The number of nitrogens with one attached hydrogen (secondary N) is 2. The van der Waals surface area contributed by atoms with Gasteiger partial charge in [-0.3, -0.25) is 4.90 Å². The van der Waals surface area contributed by atoms with Crippen LogP contribution in [-0.2, 0) is 27.9 Å². The van der Waals surface area contributed by atoms with E-state index in [-0.39, 0.29) is 11.5 Å². The Morgan fingerprint density at radius 1 is 1.06 bits per heavy atom. The highest BCUT2D eigenvalue weighted by molar-refractivity contribution is 5.90. The van der Waals surface area contributed by atoms with Crippen molar-refractivity contribution in [2.75, 3.05) is 33.1 Å². The first-order valence-electron chi connectivity index (χ1n) is 18.7. The molecular formula is C42H51N7O4. The molecule has 0 bridgehead atoms. The molecule has 0 radical (unpaired) electrons. The van der Waals surface area contributed by atoms with Gasteiger partial charge in [0.1, 0.15) is 40.9 Å². The van der Waals surface area contributed by atoms with E-state index < -0.39 is 5.79 Å². The monoisotopic (exact) mass is 717 g/mol. The van der Waals surface area contributed by atoms with E-state index in [4.69, 9.17) is 28.9 Å². The fraction of sp³-hybridized carbons (Fsp3) is 0.452. The van der Waals surface area contributed by atoms with Crippen LogP contribution in [0.5, 0.6) is 11.5 Å². The summed E-state index contributed by atoms with van der Waals surface area (Å²) < 4.78 is 26.0. The van der Waals surface area contributed by atoms with Crippen LogP contribution in [0.25, 0.3) is 27.8 Å². The number of imidazole rings is 1. The Bertz CT molecular complexity index is 2220. The molecule has 2 aliphatic carbocycles. The van der Waals surface area contributed by atoms with Crippen molar-refractivity contribution in [2.24, 2.45) is 5.92 Å². The molecule has 4 heterocycles. The topological polar surface area (TPSA) is 112 Å². The number of likely N-dealkylation sites (N-methyl/N-ethyl adjacent to an activating group) is 1. The maximum atomic E-state index is 6.51. The highest BCUT2D eigenvalue weighted by atomic mass is 16.7. The molecule has 1 saturated heterocycles. The number of nitrogens with zero attached hydrogens (tertiary/aromatic N) is 5. The average molecular weight is 718 g/mol. The van der Waals surface area contributed by atoms with Gasteiger partial charge in [0.25, 0.3) is 0 Å².